The molecule has 0 radical (unpaired) electrons. The molecule has 0 aliphatic heterocycles. The first-order valence-electron chi connectivity index (χ1n) is 5.44. The Morgan fingerprint density at radius 2 is 1.72 bits per heavy atom. The van der Waals surface area contributed by atoms with Crippen LogP contribution in [-0.2, 0) is 6.61 Å². The fourth-order valence-electron chi connectivity index (χ4n) is 1.54. The van der Waals surface area contributed by atoms with Gasteiger partial charge in [-0.25, -0.2) is 0 Å². The zero-order chi connectivity index (χ0) is 13.0. The smallest absolute Gasteiger partial charge is 0.133 e. The summed E-state index contributed by atoms with van der Waals surface area (Å²) in [5.41, 5.74) is 0.651. The molecule has 3 nitrogen and oxygen atoms in total. The van der Waals surface area contributed by atoms with Crippen LogP contribution < -0.4 is 9.47 Å². The molecule has 0 bridgehead atoms. The second kappa shape index (κ2) is 5.76. The third-order valence-electron chi connectivity index (χ3n) is 2.48. The third-order valence-corrected chi connectivity index (χ3v) is 2.72. The Hall–Kier alpha value is -1.71. The van der Waals surface area contributed by atoms with E-state index in [-0.39, 0.29) is 6.61 Å². The maximum Gasteiger partial charge on any atom is 0.133 e. The van der Waals surface area contributed by atoms with Crippen LogP contribution in [0.1, 0.15) is 5.56 Å². The number of rotatable bonds is 4. The SMILES string of the molecule is COc1ccc(Oc2ccc(Cl)cc2CO)cc1. The van der Waals surface area contributed by atoms with Gasteiger partial charge in [0.2, 0.25) is 0 Å². The van der Waals surface area contributed by atoms with Gasteiger partial charge in [-0.15, -0.1) is 0 Å². The van der Waals surface area contributed by atoms with Crippen molar-refractivity contribution in [3.05, 3.63) is 53.1 Å². The lowest BCUT2D eigenvalue weighted by molar-refractivity contribution is 0.276. The highest BCUT2D eigenvalue weighted by atomic mass is 35.5. The van der Waals surface area contributed by atoms with Crippen LogP contribution in [0.3, 0.4) is 0 Å². The summed E-state index contributed by atoms with van der Waals surface area (Å²) >= 11 is 5.85. The van der Waals surface area contributed by atoms with Gasteiger partial charge >= 0.3 is 0 Å². The molecular formula is C14H13ClO3. The summed E-state index contributed by atoms with van der Waals surface area (Å²) in [6, 6.07) is 12.4. The molecule has 0 heterocycles. The van der Waals surface area contributed by atoms with E-state index in [1.165, 1.54) is 0 Å². The van der Waals surface area contributed by atoms with Gasteiger partial charge in [0, 0.05) is 10.6 Å². The molecule has 2 aromatic carbocycles. The van der Waals surface area contributed by atoms with Gasteiger partial charge in [0.25, 0.3) is 0 Å². The summed E-state index contributed by atoms with van der Waals surface area (Å²) in [5, 5.41) is 9.81. The Labute approximate surface area is 111 Å². The number of halogens is 1. The molecule has 0 unspecified atom stereocenters. The standard InChI is InChI=1S/C14H13ClO3/c1-17-12-3-5-13(6-4-12)18-14-7-2-11(15)8-10(14)9-16/h2-8,16H,9H2,1H3. The normalized spacial score (nSPS) is 10.2. The number of methoxy groups -OCH3 is 1. The van der Waals surface area contributed by atoms with E-state index in [9.17, 15) is 5.11 Å². The van der Waals surface area contributed by atoms with Crippen molar-refractivity contribution in [3.63, 3.8) is 0 Å². The monoisotopic (exact) mass is 264 g/mol. The van der Waals surface area contributed by atoms with Crippen molar-refractivity contribution in [2.75, 3.05) is 7.11 Å². The lowest BCUT2D eigenvalue weighted by Crippen LogP contribution is -1.92. The second-order valence-corrected chi connectivity index (χ2v) is 4.12. The largest absolute Gasteiger partial charge is 0.497 e. The van der Waals surface area contributed by atoms with E-state index in [1.54, 1.807) is 37.4 Å². The summed E-state index contributed by atoms with van der Waals surface area (Å²) in [4.78, 5) is 0. The molecule has 0 saturated heterocycles. The van der Waals surface area contributed by atoms with E-state index in [0.29, 0.717) is 22.1 Å². The highest BCUT2D eigenvalue weighted by Gasteiger charge is 2.05. The quantitative estimate of drug-likeness (QED) is 0.916. The Morgan fingerprint density at radius 1 is 1.06 bits per heavy atom. The van der Waals surface area contributed by atoms with Crippen LogP contribution in [0.4, 0.5) is 0 Å². The summed E-state index contributed by atoms with van der Waals surface area (Å²) in [6.45, 7) is -0.119. The first kappa shape index (κ1) is 12.7. The van der Waals surface area contributed by atoms with Crippen LogP contribution in [0.5, 0.6) is 17.2 Å². The predicted octanol–water partition coefficient (Wildman–Crippen LogP) is 3.63. The summed E-state index contributed by atoms with van der Waals surface area (Å²) in [5.74, 6) is 2.03. The van der Waals surface area contributed by atoms with Crippen molar-refractivity contribution in [1.29, 1.82) is 0 Å². The molecule has 0 fully saturated rings. The van der Waals surface area contributed by atoms with Gasteiger partial charge in [0.1, 0.15) is 17.2 Å². The molecule has 1 N–H and O–H groups in total. The first-order chi connectivity index (χ1) is 8.72. The molecule has 0 aromatic heterocycles. The molecule has 0 saturated carbocycles. The number of ether oxygens (including phenoxy) is 2. The zero-order valence-electron chi connectivity index (χ0n) is 9.89. The van der Waals surface area contributed by atoms with Gasteiger partial charge in [0.15, 0.2) is 0 Å². The minimum Gasteiger partial charge on any atom is -0.497 e. The average Bonchev–Trinajstić information content (AvgIpc) is 2.41. The van der Waals surface area contributed by atoms with Crippen molar-refractivity contribution in [2.24, 2.45) is 0 Å². The number of aliphatic hydroxyl groups excluding tert-OH is 1. The van der Waals surface area contributed by atoms with Crippen LogP contribution in [0.15, 0.2) is 42.5 Å². The lowest BCUT2D eigenvalue weighted by atomic mass is 10.2. The zero-order valence-corrected chi connectivity index (χ0v) is 10.6. The Morgan fingerprint density at radius 3 is 2.33 bits per heavy atom. The van der Waals surface area contributed by atoms with Gasteiger partial charge in [-0.2, -0.15) is 0 Å². The summed E-state index contributed by atoms with van der Waals surface area (Å²) in [7, 11) is 1.61. The predicted molar refractivity (Wildman–Crippen MR) is 70.4 cm³/mol. The van der Waals surface area contributed by atoms with Crippen molar-refractivity contribution in [1.82, 2.24) is 0 Å². The van der Waals surface area contributed by atoms with E-state index >= 15 is 0 Å². The van der Waals surface area contributed by atoms with E-state index in [0.717, 1.165) is 5.75 Å². The minimum absolute atomic E-state index is 0.119. The van der Waals surface area contributed by atoms with Crippen LogP contribution in [-0.4, -0.2) is 12.2 Å². The number of benzene rings is 2. The average molecular weight is 265 g/mol. The van der Waals surface area contributed by atoms with Gasteiger partial charge in [0.05, 0.1) is 13.7 Å². The third kappa shape index (κ3) is 2.94. The van der Waals surface area contributed by atoms with E-state index in [1.807, 2.05) is 12.1 Å². The van der Waals surface area contributed by atoms with Crippen LogP contribution in [0, 0.1) is 0 Å². The lowest BCUT2D eigenvalue weighted by Gasteiger charge is -2.10. The topological polar surface area (TPSA) is 38.7 Å². The van der Waals surface area contributed by atoms with Gasteiger partial charge in [-0.3, -0.25) is 0 Å². The van der Waals surface area contributed by atoms with Gasteiger partial charge in [-0.05, 0) is 42.5 Å². The molecule has 4 heteroatoms. The molecule has 2 rings (SSSR count). The molecule has 0 amide bonds. The molecule has 0 atom stereocenters. The second-order valence-electron chi connectivity index (χ2n) is 3.69. The van der Waals surface area contributed by atoms with Crippen LogP contribution >= 0.6 is 11.6 Å². The molecule has 18 heavy (non-hydrogen) atoms. The fourth-order valence-corrected chi connectivity index (χ4v) is 1.74. The number of hydrogen-bond acceptors (Lipinski definition) is 3. The maximum absolute atomic E-state index is 9.24. The Kier molecular flexibility index (Phi) is 4.07. The molecular weight excluding hydrogens is 252 g/mol. The molecule has 0 aliphatic rings. The summed E-state index contributed by atoms with van der Waals surface area (Å²) in [6.07, 6.45) is 0. The minimum atomic E-state index is -0.119. The molecule has 94 valence electrons. The summed E-state index contributed by atoms with van der Waals surface area (Å²) < 4.78 is 10.7. The number of aliphatic hydroxyl groups is 1. The van der Waals surface area contributed by atoms with Crippen molar-refractivity contribution in [2.45, 2.75) is 6.61 Å². The molecule has 0 aliphatic carbocycles. The Balaban J connectivity index is 2.22. The fraction of sp³-hybridized carbons (Fsp3) is 0.143. The van der Waals surface area contributed by atoms with Crippen LogP contribution in [0.25, 0.3) is 0 Å². The molecule has 2 aromatic rings. The van der Waals surface area contributed by atoms with E-state index in [2.05, 4.69) is 0 Å². The van der Waals surface area contributed by atoms with Crippen molar-refractivity contribution < 1.29 is 14.6 Å². The van der Waals surface area contributed by atoms with Gasteiger partial charge < -0.3 is 14.6 Å². The Bertz CT molecular complexity index is 523. The number of hydrogen-bond donors (Lipinski definition) is 1. The molecule has 0 spiro atoms. The van der Waals surface area contributed by atoms with Crippen molar-refractivity contribution in [3.8, 4) is 17.2 Å². The van der Waals surface area contributed by atoms with E-state index in [4.69, 9.17) is 21.1 Å². The van der Waals surface area contributed by atoms with Gasteiger partial charge in [-0.1, -0.05) is 11.6 Å². The first-order valence-corrected chi connectivity index (χ1v) is 5.82. The highest BCUT2D eigenvalue weighted by molar-refractivity contribution is 6.30. The van der Waals surface area contributed by atoms with E-state index < -0.39 is 0 Å². The maximum atomic E-state index is 9.24. The van der Waals surface area contributed by atoms with Crippen LogP contribution in [0.2, 0.25) is 5.02 Å². The highest BCUT2D eigenvalue weighted by Crippen LogP contribution is 2.28. The van der Waals surface area contributed by atoms with Crippen molar-refractivity contribution >= 4 is 11.6 Å².